The van der Waals surface area contributed by atoms with Crippen LogP contribution in [0.2, 0.25) is 0 Å². The second-order valence-electron chi connectivity index (χ2n) is 5.98. The first-order valence-corrected chi connectivity index (χ1v) is 9.85. The molecule has 0 aliphatic carbocycles. The van der Waals surface area contributed by atoms with Crippen molar-refractivity contribution < 1.29 is 17.9 Å². The van der Waals surface area contributed by atoms with Crippen molar-refractivity contribution in [1.82, 2.24) is 4.90 Å². The molecule has 0 bridgehead atoms. The van der Waals surface area contributed by atoms with Crippen LogP contribution in [0.4, 0.5) is 5.69 Å². The molecular weight excluding hydrogens is 340 g/mol. The zero-order valence-electron chi connectivity index (χ0n) is 13.9. The molecule has 1 fully saturated rings. The van der Waals surface area contributed by atoms with E-state index in [1.807, 2.05) is 30.3 Å². The van der Waals surface area contributed by atoms with E-state index in [4.69, 9.17) is 4.74 Å². The lowest BCUT2D eigenvalue weighted by molar-refractivity contribution is -0.0228. The third kappa shape index (κ3) is 4.58. The van der Waals surface area contributed by atoms with Gasteiger partial charge in [-0.25, -0.2) is 8.42 Å². The monoisotopic (exact) mass is 360 g/mol. The van der Waals surface area contributed by atoms with Crippen LogP contribution < -0.4 is 4.72 Å². The highest BCUT2D eigenvalue weighted by atomic mass is 32.2. The Bertz CT molecular complexity index is 852. The van der Waals surface area contributed by atoms with Crippen molar-refractivity contribution in [2.75, 3.05) is 30.7 Å². The van der Waals surface area contributed by atoms with Gasteiger partial charge in [-0.1, -0.05) is 36.4 Å². The lowest BCUT2D eigenvalue weighted by atomic mass is 10.1. The predicted octanol–water partition coefficient (Wildman–Crippen LogP) is 2.27. The average Bonchev–Trinajstić information content (AvgIpc) is 2.61. The Labute approximate surface area is 147 Å². The van der Waals surface area contributed by atoms with Crippen molar-refractivity contribution in [2.24, 2.45) is 0 Å². The van der Waals surface area contributed by atoms with Gasteiger partial charge < -0.3 is 9.64 Å². The summed E-state index contributed by atoms with van der Waals surface area (Å²) in [7, 11) is -3.38. The van der Waals surface area contributed by atoms with Gasteiger partial charge in [-0.2, -0.15) is 0 Å². The number of rotatable bonds is 4. The number of amides is 1. The van der Waals surface area contributed by atoms with Crippen molar-refractivity contribution in [3.63, 3.8) is 0 Å². The fourth-order valence-electron chi connectivity index (χ4n) is 2.82. The number of hydrogen-bond acceptors (Lipinski definition) is 4. The number of sulfonamides is 1. The van der Waals surface area contributed by atoms with E-state index in [2.05, 4.69) is 4.72 Å². The predicted molar refractivity (Wildman–Crippen MR) is 95.9 cm³/mol. The van der Waals surface area contributed by atoms with Crippen LogP contribution in [0.15, 0.2) is 54.6 Å². The van der Waals surface area contributed by atoms with Crippen molar-refractivity contribution in [2.45, 2.75) is 6.10 Å². The molecule has 1 aliphatic rings. The molecule has 6 nitrogen and oxygen atoms in total. The van der Waals surface area contributed by atoms with E-state index in [0.29, 0.717) is 30.9 Å². The molecule has 0 saturated carbocycles. The quantitative estimate of drug-likeness (QED) is 0.908. The van der Waals surface area contributed by atoms with Crippen LogP contribution in [0, 0.1) is 0 Å². The number of carbonyl (C=O) groups is 1. The Morgan fingerprint density at radius 1 is 1.16 bits per heavy atom. The summed E-state index contributed by atoms with van der Waals surface area (Å²) in [6, 6.07) is 16.3. The van der Waals surface area contributed by atoms with Crippen molar-refractivity contribution >= 4 is 21.6 Å². The summed E-state index contributed by atoms with van der Waals surface area (Å²) in [4.78, 5) is 14.5. The molecule has 1 amide bonds. The third-order valence-electron chi connectivity index (χ3n) is 3.94. The van der Waals surface area contributed by atoms with E-state index in [0.717, 1.165) is 11.8 Å². The van der Waals surface area contributed by atoms with Crippen LogP contribution in [-0.2, 0) is 14.8 Å². The smallest absolute Gasteiger partial charge is 0.254 e. The maximum Gasteiger partial charge on any atom is 0.254 e. The number of morpholine rings is 1. The lowest BCUT2D eigenvalue weighted by Gasteiger charge is -2.33. The number of ether oxygens (including phenoxy) is 1. The summed E-state index contributed by atoms with van der Waals surface area (Å²) >= 11 is 0. The highest BCUT2D eigenvalue weighted by molar-refractivity contribution is 7.92. The van der Waals surface area contributed by atoms with Crippen LogP contribution >= 0.6 is 0 Å². The van der Waals surface area contributed by atoms with Crippen LogP contribution in [-0.4, -0.2) is 45.2 Å². The standard InChI is InChI=1S/C18H20N2O4S/c1-25(22,23)19-16-9-5-8-15(12-16)18(21)20-10-11-24-17(13-20)14-6-3-2-4-7-14/h2-9,12,17,19H,10-11,13H2,1H3/t17-/m0/s1. The van der Waals surface area contributed by atoms with E-state index in [9.17, 15) is 13.2 Å². The van der Waals surface area contributed by atoms with Crippen LogP contribution in [0.3, 0.4) is 0 Å². The Morgan fingerprint density at radius 2 is 1.92 bits per heavy atom. The molecule has 2 aromatic carbocycles. The number of nitrogens with zero attached hydrogens (tertiary/aromatic N) is 1. The Kier molecular flexibility index (Phi) is 5.06. The molecule has 2 aromatic rings. The molecule has 132 valence electrons. The molecule has 3 rings (SSSR count). The fourth-order valence-corrected chi connectivity index (χ4v) is 3.37. The van der Waals surface area contributed by atoms with Gasteiger partial charge in [0.2, 0.25) is 10.0 Å². The normalized spacial score (nSPS) is 18.0. The average molecular weight is 360 g/mol. The van der Waals surface area contributed by atoms with E-state index in [1.165, 1.54) is 0 Å². The zero-order chi connectivity index (χ0) is 17.9. The lowest BCUT2D eigenvalue weighted by Crippen LogP contribution is -2.42. The van der Waals surface area contributed by atoms with Gasteiger partial charge in [0.05, 0.1) is 19.4 Å². The molecule has 1 N–H and O–H groups in total. The first-order valence-electron chi connectivity index (χ1n) is 7.96. The van der Waals surface area contributed by atoms with Gasteiger partial charge >= 0.3 is 0 Å². The Hall–Kier alpha value is -2.38. The van der Waals surface area contributed by atoms with Gasteiger partial charge in [-0.3, -0.25) is 9.52 Å². The van der Waals surface area contributed by atoms with Gasteiger partial charge in [0, 0.05) is 17.8 Å². The minimum atomic E-state index is -3.38. The van der Waals surface area contributed by atoms with Gasteiger partial charge in [0.1, 0.15) is 6.10 Å². The molecule has 0 unspecified atom stereocenters. The summed E-state index contributed by atoms with van der Waals surface area (Å²) in [6.45, 7) is 1.44. The number of benzene rings is 2. The largest absolute Gasteiger partial charge is 0.370 e. The third-order valence-corrected chi connectivity index (χ3v) is 4.54. The van der Waals surface area contributed by atoms with Crippen molar-refractivity contribution in [3.05, 3.63) is 65.7 Å². The zero-order valence-corrected chi connectivity index (χ0v) is 14.7. The molecular formula is C18H20N2O4S. The molecule has 1 atom stereocenters. The minimum absolute atomic E-state index is 0.138. The molecule has 0 spiro atoms. The van der Waals surface area contributed by atoms with Crippen molar-refractivity contribution in [3.8, 4) is 0 Å². The first-order chi connectivity index (χ1) is 11.9. The summed E-state index contributed by atoms with van der Waals surface area (Å²) in [6.07, 6.45) is 0.921. The van der Waals surface area contributed by atoms with Gasteiger partial charge in [0.25, 0.3) is 5.91 Å². The fraction of sp³-hybridized carbons (Fsp3) is 0.278. The minimum Gasteiger partial charge on any atom is -0.370 e. The number of anilines is 1. The van der Waals surface area contributed by atoms with E-state index < -0.39 is 10.0 Å². The summed E-state index contributed by atoms with van der Waals surface area (Å²) in [5, 5.41) is 0. The molecule has 0 radical (unpaired) electrons. The number of nitrogens with one attached hydrogen (secondary N) is 1. The van der Waals surface area contributed by atoms with Gasteiger partial charge in [0.15, 0.2) is 0 Å². The number of hydrogen-bond donors (Lipinski definition) is 1. The molecule has 25 heavy (non-hydrogen) atoms. The van der Waals surface area contributed by atoms with E-state index >= 15 is 0 Å². The van der Waals surface area contributed by atoms with E-state index in [-0.39, 0.29) is 12.0 Å². The number of carbonyl (C=O) groups excluding carboxylic acids is 1. The maximum absolute atomic E-state index is 12.8. The van der Waals surface area contributed by atoms with E-state index in [1.54, 1.807) is 29.2 Å². The molecule has 7 heteroatoms. The second kappa shape index (κ2) is 7.25. The molecule has 1 heterocycles. The summed E-state index contributed by atoms with van der Waals surface area (Å²) in [5.74, 6) is -0.138. The molecule has 0 aromatic heterocycles. The SMILES string of the molecule is CS(=O)(=O)Nc1cccc(C(=O)N2CCO[C@H](c3ccccc3)C2)c1. The van der Waals surface area contributed by atoms with Gasteiger partial charge in [-0.05, 0) is 23.8 Å². The van der Waals surface area contributed by atoms with Crippen molar-refractivity contribution in [1.29, 1.82) is 0 Å². The van der Waals surface area contributed by atoms with Crippen LogP contribution in [0.1, 0.15) is 22.0 Å². The second-order valence-corrected chi connectivity index (χ2v) is 7.72. The summed E-state index contributed by atoms with van der Waals surface area (Å²) < 4.78 is 30.9. The molecule has 1 aliphatic heterocycles. The van der Waals surface area contributed by atoms with Gasteiger partial charge in [-0.15, -0.1) is 0 Å². The Balaban J connectivity index is 1.75. The Morgan fingerprint density at radius 3 is 2.64 bits per heavy atom. The highest BCUT2D eigenvalue weighted by Crippen LogP contribution is 2.23. The summed E-state index contributed by atoms with van der Waals surface area (Å²) in [5.41, 5.74) is 1.86. The highest BCUT2D eigenvalue weighted by Gasteiger charge is 2.26. The molecule has 1 saturated heterocycles. The topological polar surface area (TPSA) is 75.7 Å². The maximum atomic E-state index is 12.8. The van der Waals surface area contributed by atoms with Crippen LogP contribution in [0.5, 0.6) is 0 Å². The first kappa shape index (κ1) is 17.4. The van der Waals surface area contributed by atoms with Crippen LogP contribution in [0.25, 0.3) is 0 Å².